The summed E-state index contributed by atoms with van der Waals surface area (Å²) in [6.07, 6.45) is 0. The Kier molecular flexibility index (Phi) is 4.51. The van der Waals surface area contributed by atoms with Gasteiger partial charge in [0, 0.05) is 10.8 Å². The molecule has 1 aliphatic rings. The fraction of sp³-hybridized carbons (Fsp3) is 0. The molecule has 0 saturated heterocycles. The van der Waals surface area contributed by atoms with Gasteiger partial charge in [-0.1, -0.05) is 121 Å². The number of hydrogen-bond donors (Lipinski definition) is 0. The third kappa shape index (κ3) is 3.17. The number of rotatable bonds is 2. The van der Waals surface area contributed by atoms with Crippen LogP contribution in [-0.2, 0) is 0 Å². The molecule has 43 heavy (non-hydrogen) atoms. The Hall–Kier alpha value is -5.66. The van der Waals surface area contributed by atoms with Crippen LogP contribution in [0.4, 0.5) is 0 Å². The lowest BCUT2D eigenvalue weighted by Gasteiger charge is -2.10. The lowest BCUT2D eigenvalue weighted by molar-refractivity contribution is 0.669. The van der Waals surface area contributed by atoms with Crippen LogP contribution in [0.1, 0.15) is 0 Å². The van der Waals surface area contributed by atoms with Crippen LogP contribution in [0.25, 0.3) is 98.8 Å². The van der Waals surface area contributed by atoms with Crippen LogP contribution < -0.4 is 0 Å². The van der Waals surface area contributed by atoms with Crippen LogP contribution in [0, 0.1) is 0 Å². The Balaban J connectivity index is 1.17. The van der Waals surface area contributed by atoms with Gasteiger partial charge in [-0.25, -0.2) is 0 Å². The molecular formula is C42H24O. The SMILES string of the molecule is c1ccc2c(c1)-c1cccc3c(-c4ccc5oc6ccc(-c7cccc8c7ccc7ccccc78)cc6c5c4)ccc-2c13. The van der Waals surface area contributed by atoms with E-state index in [1.807, 2.05) is 0 Å². The second kappa shape index (κ2) is 8.44. The Bertz CT molecular complexity index is 2590. The molecule has 0 spiro atoms. The Morgan fingerprint density at radius 1 is 0.302 bits per heavy atom. The largest absolute Gasteiger partial charge is 0.456 e. The van der Waals surface area contributed by atoms with Gasteiger partial charge < -0.3 is 4.42 Å². The van der Waals surface area contributed by atoms with E-state index in [0.29, 0.717) is 0 Å². The van der Waals surface area contributed by atoms with E-state index in [1.165, 1.54) is 76.8 Å². The molecule has 198 valence electrons. The van der Waals surface area contributed by atoms with Gasteiger partial charge in [-0.3, -0.25) is 0 Å². The van der Waals surface area contributed by atoms with E-state index in [4.69, 9.17) is 4.42 Å². The van der Waals surface area contributed by atoms with E-state index in [2.05, 4.69) is 146 Å². The second-order valence-electron chi connectivity index (χ2n) is 11.6. The summed E-state index contributed by atoms with van der Waals surface area (Å²) in [7, 11) is 0. The molecule has 1 heterocycles. The van der Waals surface area contributed by atoms with Crippen molar-refractivity contribution in [3.63, 3.8) is 0 Å². The van der Waals surface area contributed by atoms with Crippen molar-refractivity contribution < 1.29 is 4.42 Å². The van der Waals surface area contributed by atoms with Gasteiger partial charge in [0.15, 0.2) is 0 Å². The highest BCUT2D eigenvalue weighted by atomic mass is 16.3. The van der Waals surface area contributed by atoms with Crippen molar-refractivity contribution in [2.75, 3.05) is 0 Å². The Morgan fingerprint density at radius 2 is 0.860 bits per heavy atom. The lowest BCUT2D eigenvalue weighted by atomic mass is 9.93. The molecule has 0 radical (unpaired) electrons. The Morgan fingerprint density at radius 3 is 1.63 bits per heavy atom. The van der Waals surface area contributed by atoms with E-state index >= 15 is 0 Å². The quantitative estimate of drug-likeness (QED) is 0.197. The maximum absolute atomic E-state index is 6.36. The number of fused-ring (bicyclic) bond motifs is 9. The van der Waals surface area contributed by atoms with Gasteiger partial charge in [0.25, 0.3) is 0 Å². The molecule has 0 fully saturated rings. The minimum atomic E-state index is 0.914. The third-order valence-corrected chi connectivity index (χ3v) is 9.43. The first kappa shape index (κ1) is 23.0. The smallest absolute Gasteiger partial charge is 0.135 e. The second-order valence-corrected chi connectivity index (χ2v) is 11.6. The summed E-state index contributed by atoms with van der Waals surface area (Å²) in [5, 5.41) is 10.0. The van der Waals surface area contributed by atoms with Gasteiger partial charge >= 0.3 is 0 Å². The molecule has 0 aliphatic heterocycles. The van der Waals surface area contributed by atoms with Crippen LogP contribution in [0.5, 0.6) is 0 Å². The monoisotopic (exact) mass is 544 g/mol. The molecule has 8 aromatic carbocycles. The number of hydrogen-bond acceptors (Lipinski definition) is 1. The molecule has 0 N–H and O–H groups in total. The van der Waals surface area contributed by atoms with E-state index < -0.39 is 0 Å². The molecular weight excluding hydrogens is 520 g/mol. The molecule has 0 atom stereocenters. The van der Waals surface area contributed by atoms with Crippen molar-refractivity contribution >= 4 is 54.3 Å². The summed E-state index contributed by atoms with van der Waals surface area (Å²) in [6.45, 7) is 0. The van der Waals surface area contributed by atoms with Gasteiger partial charge in [0.2, 0.25) is 0 Å². The predicted molar refractivity (Wildman–Crippen MR) is 182 cm³/mol. The zero-order valence-corrected chi connectivity index (χ0v) is 23.3. The van der Waals surface area contributed by atoms with Crippen molar-refractivity contribution in [3.8, 4) is 44.5 Å². The average molecular weight is 545 g/mol. The van der Waals surface area contributed by atoms with Crippen molar-refractivity contribution in [1.29, 1.82) is 0 Å². The van der Waals surface area contributed by atoms with E-state index in [9.17, 15) is 0 Å². The molecule has 0 unspecified atom stereocenters. The lowest BCUT2D eigenvalue weighted by Crippen LogP contribution is -1.84. The summed E-state index contributed by atoms with van der Waals surface area (Å²) in [4.78, 5) is 0. The zero-order chi connectivity index (χ0) is 28.1. The molecule has 1 aromatic heterocycles. The molecule has 0 bridgehead atoms. The van der Waals surface area contributed by atoms with Gasteiger partial charge in [-0.05, 0) is 101 Å². The summed E-state index contributed by atoms with van der Waals surface area (Å²) < 4.78 is 6.36. The van der Waals surface area contributed by atoms with E-state index in [-0.39, 0.29) is 0 Å². The first-order chi connectivity index (χ1) is 21.3. The highest BCUT2D eigenvalue weighted by molar-refractivity contribution is 6.19. The summed E-state index contributed by atoms with van der Waals surface area (Å²) in [5.41, 5.74) is 12.0. The van der Waals surface area contributed by atoms with Crippen molar-refractivity contribution in [2.24, 2.45) is 0 Å². The molecule has 1 aliphatic carbocycles. The van der Waals surface area contributed by atoms with Gasteiger partial charge in [0.1, 0.15) is 11.2 Å². The predicted octanol–water partition coefficient (Wildman–Crippen LogP) is 12.0. The van der Waals surface area contributed by atoms with Gasteiger partial charge in [-0.15, -0.1) is 0 Å². The van der Waals surface area contributed by atoms with Crippen LogP contribution in [0.15, 0.2) is 150 Å². The highest BCUT2D eigenvalue weighted by Crippen LogP contribution is 2.49. The highest BCUT2D eigenvalue weighted by Gasteiger charge is 2.22. The average Bonchev–Trinajstić information content (AvgIpc) is 3.60. The van der Waals surface area contributed by atoms with E-state index in [1.54, 1.807) is 0 Å². The third-order valence-electron chi connectivity index (χ3n) is 9.43. The van der Waals surface area contributed by atoms with E-state index in [0.717, 1.165) is 21.9 Å². The first-order valence-electron chi connectivity index (χ1n) is 14.8. The number of benzene rings is 8. The molecule has 9 aromatic rings. The summed E-state index contributed by atoms with van der Waals surface area (Å²) in [6, 6.07) is 53.1. The van der Waals surface area contributed by atoms with Gasteiger partial charge in [0.05, 0.1) is 0 Å². The normalized spacial score (nSPS) is 12.2. The maximum atomic E-state index is 6.36. The maximum Gasteiger partial charge on any atom is 0.135 e. The molecule has 0 amide bonds. The molecule has 1 heteroatoms. The fourth-order valence-corrected chi connectivity index (χ4v) is 7.46. The first-order valence-corrected chi connectivity index (χ1v) is 14.8. The molecule has 0 saturated carbocycles. The standard InChI is InChI=1S/C42H24O/c1-2-8-28-25(7-1)15-18-34-29(11-5-12-31(28)34)26-16-21-40-38(23-26)39-24-27(17-22-41(39)43-40)30-19-20-37-33-10-4-3-9-32(33)36-14-6-13-35(30)42(36)37/h1-24H. The molecule has 1 nitrogen and oxygen atoms in total. The Labute approximate surface area is 248 Å². The van der Waals surface area contributed by atoms with Crippen molar-refractivity contribution in [2.45, 2.75) is 0 Å². The van der Waals surface area contributed by atoms with Gasteiger partial charge in [-0.2, -0.15) is 0 Å². The van der Waals surface area contributed by atoms with Crippen LogP contribution in [0.2, 0.25) is 0 Å². The summed E-state index contributed by atoms with van der Waals surface area (Å²) >= 11 is 0. The fourth-order valence-electron chi connectivity index (χ4n) is 7.46. The minimum Gasteiger partial charge on any atom is -0.456 e. The number of furan rings is 1. The minimum absolute atomic E-state index is 0.914. The summed E-state index contributed by atoms with van der Waals surface area (Å²) in [5.74, 6) is 0. The molecule has 10 rings (SSSR count). The van der Waals surface area contributed by atoms with Crippen molar-refractivity contribution in [1.82, 2.24) is 0 Å². The zero-order valence-electron chi connectivity index (χ0n) is 23.3. The van der Waals surface area contributed by atoms with Crippen molar-refractivity contribution in [3.05, 3.63) is 146 Å². The van der Waals surface area contributed by atoms with Crippen LogP contribution in [0.3, 0.4) is 0 Å². The van der Waals surface area contributed by atoms with Crippen LogP contribution in [-0.4, -0.2) is 0 Å². The topological polar surface area (TPSA) is 13.1 Å². The van der Waals surface area contributed by atoms with Crippen LogP contribution >= 0.6 is 0 Å².